The summed E-state index contributed by atoms with van der Waals surface area (Å²) in [5.41, 5.74) is 1.09. The summed E-state index contributed by atoms with van der Waals surface area (Å²) in [6, 6.07) is 3.77. The van der Waals surface area contributed by atoms with Crippen molar-refractivity contribution in [1.82, 2.24) is 9.88 Å². The van der Waals surface area contributed by atoms with Crippen molar-refractivity contribution in [1.29, 1.82) is 0 Å². The molecule has 0 aromatic carbocycles. The average Bonchev–Trinajstić information content (AvgIpc) is 2.65. The molecule has 0 unspecified atom stereocenters. The molecule has 1 aliphatic rings. The van der Waals surface area contributed by atoms with Gasteiger partial charge in [-0.05, 0) is 38.5 Å². The van der Waals surface area contributed by atoms with Crippen LogP contribution in [0.2, 0.25) is 0 Å². The highest BCUT2D eigenvalue weighted by Gasteiger charge is 2.57. The van der Waals surface area contributed by atoms with E-state index < -0.39 is 38.4 Å². The molecule has 0 radical (unpaired) electrons. The number of carbonyl (C=O) groups excluding carboxylic acids is 1. The Bertz CT molecular complexity index is 768. The Labute approximate surface area is 134 Å². The van der Waals surface area contributed by atoms with E-state index in [-0.39, 0.29) is 0 Å². The lowest BCUT2D eigenvalue weighted by molar-refractivity contribution is -0.148. The Balaban J connectivity index is 2.37. The summed E-state index contributed by atoms with van der Waals surface area (Å²) >= 11 is 0. The Hall–Kier alpha value is -2.22. The number of aliphatic carboxylic acids is 1. The highest BCUT2D eigenvalue weighted by molar-refractivity contribution is 7.93. The Morgan fingerprint density at radius 2 is 2.04 bits per heavy atom. The number of rotatable bonds is 3. The normalized spacial score (nSPS) is 22.8. The smallest absolute Gasteiger partial charge is 0.328 e. The number of pyridine rings is 1. The third-order valence-electron chi connectivity index (χ3n) is 4.01. The second-order valence-electron chi connectivity index (χ2n) is 5.94. The van der Waals surface area contributed by atoms with Crippen LogP contribution in [0.4, 0.5) is 0 Å². The Morgan fingerprint density at radius 1 is 1.39 bits per heavy atom. The van der Waals surface area contributed by atoms with Crippen LogP contribution >= 0.6 is 0 Å². The molecule has 0 bridgehead atoms. The summed E-state index contributed by atoms with van der Waals surface area (Å²) < 4.78 is 22.8. The first-order valence-electron chi connectivity index (χ1n) is 6.93. The molecule has 8 heteroatoms. The number of carbonyl (C=O) groups is 2. The van der Waals surface area contributed by atoms with Crippen molar-refractivity contribution in [3.63, 3.8) is 0 Å². The topological polar surface area (TPSA) is 105 Å². The Kier molecular flexibility index (Phi) is 4.30. The number of amides is 1. The monoisotopic (exact) mass is 338 g/mol. The summed E-state index contributed by atoms with van der Waals surface area (Å²) in [4.78, 5) is 28.9. The van der Waals surface area contributed by atoms with E-state index in [1.54, 1.807) is 31.3 Å². The lowest BCUT2D eigenvalue weighted by Gasteiger charge is -2.26. The van der Waals surface area contributed by atoms with Crippen LogP contribution in [0.3, 0.4) is 0 Å². The molecular formula is C15H18N2O5S. The van der Waals surface area contributed by atoms with E-state index >= 15 is 0 Å². The maximum Gasteiger partial charge on any atom is 0.328 e. The number of carboxylic acids is 1. The van der Waals surface area contributed by atoms with Crippen LogP contribution in [0.1, 0.15) is 26.5 Å². The molecule has 1 fully saturated rings. The molecule has 0 saturated carbocycles. The van der Waals surface area contributed by atoms with Crippen LogP contribution in [0.15, 0.2) is 30.5 Å². The lowest BCUT2D eigenvalue weighted by Crippen LogP contribution is -2.49. The number of hydrogen-bond acceptors (Lipinski definition) is 5. The number of hydrogen-bond donors (Lipinski definition) is 1. The van der Waals surface area contributed by atoms with Gasteiger partial charge >= 0.3 is 5.97 Å². The molecule has 2 heterocycles. The van der Waals surface area contributed by atoms with Gasteiger partial charge in [0, 0.05) is 12.3 Å². The van der Waals surface area contributed by atoms with E-state index in [9.17, 15) is 23.1 Å². The minimum Gasteiger partial charge on any atom is -0.480 e. The fourth-order valence-electron chi connectivity index (χ4n) is 2.53. The summed E-state index contributed by atoms with van der Waals surface area (Å²) in [7, 11) is -3.73. The van der Waals surface area contributed by atoms with Gasteiger partial charge < -0.3 is 10.0 Å². The van der Waals surface area contributed by atoms with E-state index in [4.69, 9.17) is 0 Å². The average molecular weight is 338 g/mol. The van der Waals surface area contributed by atoms with Crippen molar-refractivity contribution in [2.24, 2.45) is 0 Å². The van der Waals surface area contributed by atoms with Crippen LogP contribution in [0.25, 0.3) is 5.57 Å². The minimum absolute atomic E-state index is 0.529. The van der Waals surface area contributed by atoms with Gasteiger partial charge in [0.1, 0.15) is 11.9 Å². The van der Waals surface area contributed by atoms with Crippen LogP contribution in [0.5, 0.6) is 0 Å². The van der Waals surface area contributed by atoms with Gasteiger partial charge in [-0.1, -0.05) is 6.07 Å². The molecule has 1 aromatic heterocycles. The van der Waals surface area contributed by atoms with E-state index in [1.807, 2.05) is 0 Å². The first-order chi connectivity index (χ1) is 10.6. The molecule has 2 rings (SSSR count). The molecule has 1 amide bonds. The summed E-state index contributed by atoms with van der Waals surface area (Å²) in [5.74, 6) is -2.61. The molecule has 1 atom stereocenters. The van der Waals surface area contributed by atoms with Gasteiger partial charge in [-0.25, -0.2) is 13.2 Å². The number of aromatic nitrogens is 1. The second-order valence-corrected chi connectivity index (χ2v) is 8.48. The molecule has 1 aromatic rings. The molecule has 1 N–H and O–H groups in total. The number of sulfone groups is 1. The van der Waals surface area contributed by atoms with Crippen LogP contribution in [0, 0.1) is 0 Å². The minimum atomic E-state index is -3.73. The highest BCUT2D eigenvalue weighted by Crippen LogP contribution is 2.34. The standard InChI is InChI=1S/C15H18N2O5S/c1-10(11-6-4-5-7-16-11)8-12(18)17-9-23(21,22)15(2,3)13(17)14(19)20/h4-8,13H,9H2,1-3H3,(H,19,20)/b10-8+/t13-/m0/s1. The summed E-state index contributed by atoms with van der Waals surface area (Å²) in [6.45, 7) is 4.30. The third-order valence-corrected chi connectivity index (χ3v) is 6.45. The van der Waals surface area contributed by atoms with Gasteiger partial charge in [-0.2, -0.15) is 0 Å². The molecule has 124 valence electrons. The molecule has 0 spiro atoms. The maximum atomic E-state index is 12.4. The zero-order valence-corrected chi connectivity index (χ0v) is 13.9. The van der Waals surface area contributed by atoms with Crippen LogP contribution in [-0.4, -0.2) is 52.0 Å². The number of nitrogens with zero attached hydrogens (tertiary/aromatic N) is 2. The second kappa shape index (κ2) is 5.77. The van der Waals surface area contributed by atoms with Crippen LogP contribution < -0.4 is 0 Å². The van der Waals surface area contributed by atoms with Crippen molar-refractivity contribution < 1.29 is 23.1 Å². The molecule has 0 aliphatic carbocycles. The van der Waals surface area contributed by atoms with Gasteiger partial charge in [-0.15, -0.1) is 0 Å². The van der Waals surface area contributed by atoms with E-state index in [1.165, 1.54) is 19.9 Å². The maximum absolute atomic E-state index is 12.4. The van der Waals surface area contributed by atoms with Gasteiger partial charge in [0.25, 0.3) is 0 Å². The summed E-state index contributed by atoms with van der Waals surface area (Å²) in [6.07, 6.45) is 2.79. The first kappa shape index (κ1) is 17.1. The van der Waals surface area contributed by atoms with E-state index in [0.29, 0.717) is 11.3 Å². The highest BCUT2D eigenvalue weighted by atomic mass is 32.2. The number of allylic oxidation sites excluding steroid dienone is 1. The first-order valence-corrected chi connectivity index (χ1v) is 8.58. The van der Waals surface area contributed by atoms with Crippen molar-refractivity contribution in [2.75, 3.05) is 5.88 Å². The molecule has 1 aliphatic heterocycles. The largest absolute Gasteiger partial charge is 0.480 e. The molecule has 7 nitrogen and oxygen atoms in total. The van der Waals surface area contributed by atoms with Crippen molar-refractivity contribution in [2.45, 2.75) is 31.6 Å². The van der Waals surface area contributed by atoms with Gasteiger partial charge in [0.05, 0.1) is 10.4 Å². The van der Waals surface area contributed by atoms with Crippen molar-refractivity contribution in [3.8, 4) is 0 Å². The number of carboxylic acid groups (broad SMARTS) is 1. The fourth-order valence-corrected chi connectivity index (χ4v) is 4.07. The van der Waals surface area contributed by atoms with Crippen molar-refractivity contribution >= 4 is 27.3 Å². The van der Waals surface area contributed by atoms with E-state index in [2.05, 4.69) is 4.98 Å². The predicted octanol–water partition coefficient (Wildman–Crippen LogP) is 0.931. The van der Waals surface area contributed by atoms with Crippen LogP contribution in [-0.2, 0) is 19.4 Å². The van der Waals surface area contributed by atoms with Gasteiger partial charge in [0.2, 0.25) is 5.91 Å². The van der Waals surface area contributed by atoms with Crippen molar-refractivity contribution in [3.05, 3.63) is 36.2 Å². The van der Waals surface area contributed by atoms with Gasteiger partial charge in [0.15, 0.2) is 9.84 Å². The van der Waals surface area contributed by atoms with E-state index in [0.717, 1.165) is 4.90 Å². The SMILES string of the molecule is C/C(=C\C(=O)N1CS(=O)(=O)C(C)(C)[C@@H]1C(=O)O)c1ccccn1. The predicted molar refractivity (Wildman–Crippen MR) is 84.0 cm³/mol. The fraction of sp³-hybridized carbons (Fsp3) is 0.400. The van der Waals surface area contributed by atoms with Gasteiger partial charge in [-0.3, -0.25) is 9.78 Å². The Morgan fingerprint density at radius 3 is 2.57 bits per heavy atom. The summed E-state index contributed by atoms with van der Waals surface area (Å²) in [5, 5.41) is 9.36. The zero-order chi connectivity index (χ0) is 17.4. The molecule has 1 saturated heterocycles. The molecule has 23 heavy (non-hydrogen) atoms. The quantitative estimate of drug-likeness (QED) is 0.822. The lowest BCUT2D eigenvalue weighted by atomic mass is 10.0. The zero-order valence-electron chi connectivity index (χ0n) is 13.1. The third kappa shape index (κ3) is 2.98. The molecular weight excluding hydrogens is 320 g/mol.